The molecule has 3 heterocycles. The lowest BCUT2D eigenvalue weighted by molar-refractivity contribution is 0.628. The molecule has 0 amide bonds. The lowest BCUT2D eigenvalue weighted by atomic mass is 10.3. The number of pyridine rings is 1. The Kier molecular flexibility index (Phi) is 4.14. The second-order valence-corrected chi connectivity index (χ2v) is 7.20. The number of rotatable bonds is 5. The number of fused-ring (bicyclic) bond motifs is 1. The van der Waals surface area contributed by atoms with Gasteiger partial charge in [0.25, 0.3) is 0 Å². The average molecular weight is 357 g/mol. The monoisotopic (exact) mass is 357 g/mol. The SMILES string of the molecule is Fc1cccc(Nc2nnc(SCc3cn4ccccc4n3)s2)c1. The van der Waals surface area contributed by atoms with Crippen LogP contribution in [0.5, 0.6) is 0 Å². The van der Waals surface area contributed by atoms with Crippen LogP contribution in [0.4, 0.5) is 15.2 Å². The Balaban J connectivity index is 1.41. The summed E-state index contributed by atoms with van der Waals surface area (Å²) in [6.07, 6.45) is 3.98. The van der Waals surface area contributed by atoms with Crippen molar-refractivity contribution in [1.29, 1.82) is 0 Å². The number of nitrogens with one attached hydrogen (secondary N) is 1. The van der Waals surface area contributed by atoms with Crippen LogP contribution in [0.1, 0.15) is 5.69 Å². The van der Waals surface area contributed by atoms with Crippen molar-refractivity contribution in [2.75, 3.05) is 5.32 Å². The molecule has 1 N–H and O–H groups in total. The molecule has 0 atom stereocenters. The first kappa shape index (κ1) is 15.1. The summed E-state index contributed by atoms with van der Waals surface area (Å²) in [5, 5.41) is 11.9. The van der Waals surface area contributed by atoms with Crippen LogP contribution < -0.4 is 5.32 Å². The molecule has 0 unspecified atom stereocenters. The molecule has 24 heavy (non-hydrogen) atoms. The van der Waals surface area contributed by atoms with E-state index in [9.17, 15) is 4.39 Å². The van der Waals surface area contributed by atoms with Gasteiger partial charge in [0.1, 0.15) is 11.5 Å². The van der Waals surface area contributed by atoms with Crippen LogP contribution in [0.15, 0.2) is 59.2 Å². The third-order valence-electron chi connectivity index (χ3n) is 3.24. The highest BCUT2D eigenvalue weighted by molar-refractivity contribution is 8.00. The highest BCUT2D eigenvalue weighted by Crippen LogP contribution is 2.29. The molecule has 3 aromatic heterocycles. The number of imidazole rings is 1. The number of benzene rings is 1. The third-order valence-corrected chi connectivity index (χ3v) is 5.25. The molecule has 8 heteroatoms. The fourth-order valence-electron chi connectivity index (χ4n) is 2.20. The van der Waals surface area contributed by atoms with Crippen molar-refractivity contribution in [2.45, 2.75) is 10.1 Å². The number of thioether (sulfide) groups is 1. The van der Waals surface area contributed by atoms with E-state index in [1.165, 1.54) is 23.5 Å². The van der Waals surface area contributed by atoms with E-state index in [0.29, 0.717) is 10.8 Å². The summed E-state index contributed by atoms with van der Waals surface area (Å²) in [5.41, 5.74) is 2.57. The first-order chi connectivity index (χ1) is 11.8. The largest absolute Gasteiger partial charge is 0.330 e. The van der Waals surface area contributed by atoms with Crippen molar-refractivity contribution < 1.29 is 4.39 Å². The number of hydrogen-bond donors (Lipinski definition) is 1. The molecule has 0 fully saturated rings. The summed E-state index contributed by atoms with van der Waals surface area (Å²) in [6, 6.07) is 12.2. The smallest absolute Gasteiger partial charge is 0.210 e. The van der Waals surface area contributed by atoms with Gasteiger partial charge in [-0.3, -0.25) is 0 Å². The molecule has 0 aliphatic rings. The number of nitrogens with zero attached hydrogens (tertiary/aromatic N) is 4. The van der Waals surface area contributed by atoms with E-state index in [-0.39, 0.29) is 5.82 Å². The molecule has 0 aliphatic heterocycles. The van der Waals surface area contributed by atoms with Crippen molar-refractivity contribution in [2.24, 2.45) is 0 Å². The van der Waals surface area contributed by atoms with E-state index < -0.39 is 0 Å². The normalized spacial score (nSPS) is 11.0. The van der Waals surface area contributed by atoms with Gasteiger partial charge in [-0.15, -0.1) is 10.2 Å². The first-order valence-electron chi connectivity index (χ1n) is 7.18. The van der Waals surface area contributed by atoms with E-state index in [2.05, 4.69) is 20.5 Å². The molecule has 0 spiro atoms. The first-order valence-corrected chi connectivity index (χ1v) is 8.98. The molecular weight excluding hydrogens is 345 g/mol. The van der Waals surface area contributed by atoms with E-state index in [1.54, 1.807) is 23.9 Å². The Labute approximate surface area is 145 Å². The van der Waals surface area contributed by atoms with Gasteiger partial charge in [-0.2, -0.15) is 0 Å². The molecule has 4 rings (SSSR count). The van der Waals surface area contributed by atoms with E-state index in [0.717, 1.165) is 21.4 Å². The predicted molar refractivity (Wildman–Crippen MR) is 94.3 cm³/mol. The molecule has 0 aliphatic carbocycles. The van der Waals surface area contributed by atoms with E-state index in [1.807, 2.05) is 35.0 Å². The van der Waals surface area contributed by atoms with Crippen molar-refractivity contribution >= 4 is 39.6 Å². The molecule has 0 bridgehead atoms. The predicted octanol–water partition coefficient (Wildman–Crippen LogP) is 4.36. The number of anilines is 2. The molecule has 0 saturated heterocycles. The van der Waals surface area contributed by atoms with Gasteiger partial charge in [0.2, 0.25) is 5.13 Å². The topological polar surface area (TPSA) is 55.1 Å². The summed E-state index contributed by atoms with van der Waals surface area (Å²) in [4.78, 5) is 4.55. The Morgan fingerprint density at radius 1 is 1.17 bits per heavy atom. The lowest BCUT2D eigenvalue weighted by Crippen LogP contribution is -1.89. The van der Waals surface area contributed by atoms with Crippen LogP contribution in [0.25, 0.3) is 5.65 Å². The van der Waals surface area contributed by atoms with Gasteiger partial charge in [0.05, 0.1) is 5.69 Å². The maximum atomic E-state index is 13.2. The van der Waals surface area contributed by atoms with Gasteiger partial charge in [-0.25, -0.2) is 9.37 Å². The Morgan fingerprint density at radius 3 is 3.00 bits per heavy atom. The molecule has 1 aromatic carbocycles. The summed E-state index contributed by atoms with van der Waals surface area (Å²) in [5.74, 6) is 0.432. The quantitative estimate of drug-likeness (QED) is 0.538. The Morgan fingerprint density at radius 2 is 2.12 bits per heavy atom. The zero-order chi connectivity index (χ0) is 16.4. The average Bonchev–Trinajstić information content (AvgIpc) is 3.19. The second kappa shape index (κ2) is 6.58. The van der Waals surface area contributed by atoms with Gasteiger partial charge in [-0.1, -0.05) is 35.2 Å². The standard InChI is InChI=1S/C16H12FN5S2/c17-11-4-3-5-12(8-11)19-15-20-21-16(24-15)23-10-13-9-22-7-2-1-6-14(22)18-13/h1-9H,10H2,(H,19,20). The van der Waals surface area contributed by atoms with Crippen molar-refractivity contribution in [1.82, 2.24) is 19.6 Å². The minimum atomic E-state index is -0.286. The number of aromatic nitrogens is 4. The highest BCUT2D eigenvalue weighted by atomic mass is 32.2. The maximum absolute atomic E-state index is 13.2. The summed E-state index contributed by atoms with van der Waals surface area (Å²) < 4.78 is 16.0. The van der Waals surface area contributed by atoms with Crippen molar-refractivity contribution in [3.8, 4) is 0 Å². The molecule has 0 radical (unpaired) electrons. The van der Waals surface area contributed by atoms with Crippen LogP contribution in [0.2, 0.25) is 0 Å². The Hall–Kier alpha value is -2.45. The molecule has 4 aromatic rings. The van der Waals surface area contributed by atoms with Gasteiger partial charge < -0.3 is 9.72 Å². The van der Waals surface area contributed by atoms with E-state index >= 15 is 0 Å². The molecular formula is C16H12FN5S2. The summed E-state index contributed by atoms with van der Waals surface area (Å²) in [6.45, 7) is 0. The van der Waals surface area contributed by atoms with Crippen LogP contribution in [-0.4, -0.2) is 19.6 Å². The fraction of sp³-hybridized carbons (Fsp3) is 0.0625. The third kappa shape index (κ3) is 3.39. The van der Waals surface area contributed by atoms with Crippen LogP contribution in [0, 0.1) is 5.82 Å². The van der Waals surface area contributed by atoms with Crippen LogP contribution >= 0.6 is 23.1 Å². The summed E-state index contributed by atoms with van der Waals surface area (Å²) >= 11 is 3.01. The maximum Gasteiger partial charge on any atom is 0.210 e. The van der Waals surface area contributed by atoms with E-state index in [4.69, 9.17) is 0 Å². The van der Waals surface area contributed by atoms with Gasteiger partial charge in [-0.05, 0) is 30.3 Å². The zero-order valence-electron chi connectivity index (χ0n) is 12.4. The van der Waals surface area contributed by atoms with Gasteiger partial charge in [0, 0.05) is 23.8 Å². The highest BCUT2D eigenvalue weighted by Gasteiger charge is 2.08. The molecule has 120 valence electrons. The minimum Gasteiger partial charge on any atom is -0.330 e. The van der Waals surface area contributed by atoms with Gasteiger partial charge >= 0.3 is 0 Å². The zero-order valence-corrected chi connectivity index (χ0v) is 14.0. The lowest BCUT2D eigenvalue weighted by Gasteiger charge is -2.00. The summed E-state index contributed by atoms with van der Waals surface area (Å²) in [7, 11) is 0. The second-order valence-electron chi connectivity index (χ2n) is 5.00. The van der Waals surface area contributed by atoms with Crippen LogP contribution in [-0.2, 0) is 5.75 Å². The number of hydrogen-bond acceptors (Lipinski definition) is 6. The van der Waals surface area contributed by atoms with Gasteiger partial charge in [0.15, 0.2) is 4.34 Å². The van der Waals surface area contributed by atoms with Crippen molar-refractivity contribution in [3.63, 3.8) is 0 Å². The minimum absolute atomic E-state index is 0.286. The number of halogens is 1. The van der Waals surface area contributed by atoms with Crippen molar-refractivity contribution in [3.05, 3.63) is 66.4 Å². The Bertz CT molecular complexity index is 948. The van der Waals surface area contributed by atoms with Crippen LogP contribution in [0.3, 0.4) is 0 Å². The molecule has 0 saturated carbocycles. The fourth-order valence-corrected chi connectivity index (χ4v) is 3.86. The molecule has 5 nitrogen and oxygen atoms in total.